The normalized spacial score (nSPS) is 13.8. The van der Waals surface area contributed by atoms with Crippen LogP contribution in [-0.4, -0.2) is 26.2 Å². The highest BCUT2D eigenvalue weighted by molar-refractivity contribution is 5.78. The number of anilines is 1. The van der Waals surface area contributed by atoms with Crippen molar-refractivity contribution in [3.8, 4) is 5.75 Å². The lowest BCUT2D eigenvalue weighted by molar-refractivity contribution is -0.157. The van der Waals surface area contributed by atoms with Gasteiger partial charge in [-0.05, 0) is 37.0 Å². The molecule has 0 aliphatic carbocycles. The van der Waals surface area contributed by atoms with E-state index in [2.05, 4.69) is 0 Å². The minimum absolute atomic E-state index is 0.0601. The highest BCUT2D eigenvalue weighted by atomic mass is 16.5. The Labute approximate surface area is 126 Å². The first-order valence-corrected chi connectivity index (χ1v) is 7.21. The SMILES string of the molecule is CCOC(=O)C(CN)(Cc1ccc(OC)c(N)c1)C(C)C. The van der Waals surface area contributed by atoms with Gasteiger partial charge in [-0.2, -0.15) is 0 Å². The number of benzene rings is 1. The number of carbonyl (C=O) groups is 1. The second-order valence-corrected chi connectivity index (χ2v) is 5.49. The Morgan fingerprint density at radius 1 is 1.38 bits per heavy atom. The summed E-state index contributed by atoms with van der Waals surface area (Å²) in [5, 5.41) is 0. The van der Waals surface area contributed by atoms with E-state index in [1.807, 2.05) is 26.0 Å². The van der Waals surface area contributed by atoms with Crippen LogP contribution in [0, 0.1) is 11.3 Å². The van der Waals surface area contributed by atoms with Crippen LogP contribution in [0.2, 0.25) is 0 Å². The highest BCUT2D eigenvalue weighted by Gasteiger charge is 2.41. The first-order valence-electron chi connectivity index (χ1n) is 7.21. The maximum absolute atomic E-state index is 12.4. The lowest BCUT2D eigenvalue weighted by Gasteiger charge is -2.34. The van der Waals surface area contributed by atoms with Crippen LogP contribution in [0.15, 0.2) is 18.2 Å². The second-order valence-electron chi connectivity index (χ2n) is 5.49. The lowest BCUT2D eigenvalue weighted by atomic mass is 9.72. The van der Waals surface area contributed by atoms with Crippen molar-refractivity contribution in [1.29, 1.82) is 0 Å². The van der Waals surface area contributed by atoms with Crippen LogP contribution in [-0.2, 0) is 16.0 Å². The van der Waals surface area contributed by atoms with E-state index in [0.29, 0.717) is 24.5 Å². The van der Waals surface area contributed by atoms with Gasteiger partial charge in [-0.1, -0.05) is 19.9 Å². The first-order chi connectivity index (χ1) is 9.91. The van der Waals surface area contributed by atoms with E-state index < -0.39 is 5.41 Å². The van der Waals surface area contributed by atoms with Crippen molar-refractivity contribution in [3.05, 3.63) is 23.8 Å². The zero-order chi connectivity index (χ0) is 16.0. The molecule has 1 aromatic rings. The summed E-state index contributed by atoms with van der Waals surface area (Å²) in [6.45, 7) is 6.34. The quantitative estimate of drug-likeness (QED) is 0.593. The number of carbonyl (C=O) groups excluding carboxylic acids is 1. The van der Waals surface area contributed by atoms with Crippen molar-refractivity contribution in [2.75, 3.05) is 26.0 Å². The minimum Gasteiger partial charge on any atom is -0.495 e. The van der Waals surface area contributed by atoms with Gasteiger partial charge in [-0.25, -0.2) is 0 Å². The summed E-state index contributed by atoms with van der Waals surface area (Å²) in [6, 6.07) is 5.53. The molecule has 118 valence electrons. The van der Waals surface area contributed by atoms with Gasteiger partial charge >= 0.3 is 5.97 Å². The van der Waals surface area contributed by atoms with Crippen LogP contribution in [0.3, 0.4) is 0 Å². The van der Waals surface area contributed by atoms with Crippen LogP contribution < -0.4 is 16.2 Å². The van der Waals surface area contributed by atoms with Gasteiger partial charge in [0.05, 0.1) is 24.8 Å². The van der Waals surface area contributed by atoms with Gasteiger partial charge in [0.2, 0.25) is 0 Å². The molecule has 0 heterocycles. The number of ether oxygens (including phenoxy) is 2. The van der Waals surface area contributed by atoms with Crippen LogP contribution >= 0.6 is 0 Å². The molecule has 0 bridgehead atoms. The Bertz CT molecular complexity index is 488. The van der Waals surface area contributed by atoms with E-state index in [-0.39, 0.29) is 18.4 Å². The molecule has 0 radical (unpaired) electrons. The Morgan fingerprint density at radius 3 is 2.48 bits per heavy atom. The molecule has 1 rings (SSSR count). The smallest absolute Gasteiger partial charge is 0.313 e. The molecule has 5 heteroatoms. The van der Waals surface area contributed by atoms with Gasteiger partial charge in [0.15, 0.2) is 0 Å². The molecule has 0 fully saturated rings. The maximum Gasteiger partial charge on any atom is 0.313 e. The molecule has 5 nitrogen and oxygen atoms in total. The molecule has 1 atom stereocenters. The fourth-order valence-electron chi connectivity index (χ4n) is 2.44. The average molecular weight is 294 g/mol. The predicted molar refractivity (Wildman–Crippen MR) is 84.1 cm³/mol. The molecule has 1 unspecified atom stereocenters. The number of hydrogen-bond donors (Lipinski definition) is 2. The zero-order valence-electron chi connectivity index (χ0n) is 13.3. The number of rotatable bonds is 7. The molecule has 1 aromatic carbocycles. The van der Waals surface area contributed by atoms with Gasteiger partial charge in [-0.15, -0.1) is 0 Å². The molecular formula is C16H26N2O3. The highest BCUT2D eigenvalue weighted by Crippen LogP contribution is 2.34. The monoisotopic (exact) mass is 294 g/mol. The number of methoxy groups -OCH3 is 1. The third kappa shape index (κ3) is 3.67. The Morgan fingerprint density at radius 2 is 2.05 bits per heavy atom. The summed E-state index contributed by atoms with van der Waals surface area (Å²) < 4.78 is 10.4. The number of nitrogen functional groups attached to an aromatic ring is 1. The molecule has 0 aliphatic rings. The van der Waals surface area contributed by atoms with E-state index >= 15 is 0 Å². The molecule has 21 heavy (non-hydrogen) atoms. The topological polar surface area (TPSA) is 87.6 Å². The summed E-state index contributed by atoms with van der Waals surface area (Å²) in [4.78, 5) is 12.4. The average Bonchev–Trinajstić information content (AvgIpc) is 2.44. The Balaban J connectivity index is 3.12. The van der Waals surface area contributed by atoms with E-state index in [0.717, 1.165) is 5.56 Å². The predicted octanol–water partition coefficient (Wildman–Crippen LogP) is 1.98. The van der Waals surface area contributed by atoms with E-state index in [4.69, 9.17) is 20.9 Å². The number of nitrogens with two attached hydrogens (primary N) is 2. The standard InChI is InChI=1S/C16H26N2O3/c1-5-21-15(19)16(10-17,11(2)3)9-12-6-7-14(20-4)13(18)8-12/h6-8,11H,5,9-10,17-18H2,1-4H3. The third-order valence-corrected chi connectivity index (χ3v) is 3.97. The van der Waals surface area contributed by atoms with Crippen molar-refractivity contribution >= 4 is 11.7 Å². The van der Waals surface area contributed by atoms with Gasteiger partial charge in [0, 0.05) is 6.54 Å². The Kier molecular flexibility index (Phi) is 6.03. The summed E-state index contributed by atoms with van der Waals surface area (Å²) in [5.41, 5.74) is 12.6. The molecule has 0 saturated heterocycles. The summed E-state index contributed by atoms with van der Waals surface area (Å²) in [6.07, 6.45) is 0.494. The molecule has 0 aliphatic heterocycles. The van der Waals surface area contributed by atoms with Crippen LogP contribution in [0.5, 0.6) is 5.75 Å². The van der Waals surface area contributed by atoms with E-state index in [1.54, 1.807) is 20.1 Å². The summed E-state index contributed by atoms with van der Waals surface area (Å²) >= 11 is 0. The number of esters is 1. The van der Waals surface area contributed by atoms with Crippen molar-refractivity contribution in [3.63, 3.8) is 0 Å². The summed E-state index contributed by atoms with van der Waals surface area (Å²) in [7, 11) is 1.57. The van der Waals surface area contributed by atoms with Gasteiger partial charge in [-0.3, -0.25) is 4.79 Å². The maximum atomic E-state index is 12.4. The van der Waals surface area contributed by atoms with Crippen molar-refractivity contribution in [1.82, 2.24) is 0 Å². The fourth-order valence-corrected chi connectivity index (χ4v) is 2.44. The largest absolute Gasteiger partial charge is 0.495 e. The second kappa shape index (κ2) is 7.31. The third-order valence-electron chi connectivity index (χ3n) is 3.97. The van der Waals surface area contributed by atoms with Crippen LogP contribution in [0.25, 0.3) is 0 Å². The van der Waals surface area contributed by atoms with E-state index in [9.17, 15) is 4.79 Å². The van der Waals surface area contributed by atoms with Gasteiger partial charge in [0.25, 0.3) is 0 Å². The molecule has 0 amide bonds. The van der Waals surface area contributed by atoms with Gasteiger partial charge < -0.3 is 20.9 Å². The zero-order valence-corrected chi connectivity index (χ0v) is 13.3. The number of hydrogen-bond acceptors (Lipinski definition) is 5. The Hall–Kier alpha value is -1.75. The van der Waals surface area contributed by atoms with Crippen molar-refractivity contribution in [2.45, 2.75) is 27.2 Å². The van der Waals surface area contributed by atoms with E-state index in [1.165, 1.54) is 0 Å². The van der Waals surface area contributed by atoms with Gasteiger partial charge in [0.1, 0.15) is 5.75 Å². The first kappa shape index (κ1) is 17.3. The fraction of sp³-hybridized carbons (Fsp3) is 0.562. The molecule has 4 N–H and O–H groups in total. The van der Waals surface area contributed by atoms with Crippen molar-refractivity contribution in [2.24, 2.45) is 17.1 Å². The molecule has 0 saturated carbocycles. The molecule has 0 aromatic heterocycles. The van der Waals surface area contributed by atoms with Crippen LogP contribution in [0.4, 0.5) is 5.69 Å². The molecular weight excluding hydrogens is 268 g/mol. The summed E-state index contributed by atoms with van der Waals surface area (Å²) in [5.74, 6) is 0.430. The van der Waals surface area contributed by atoms with Crippen LogP contribution in [0.1, 0.15) is 26.3 Å². The molecule has 0 spiro atoms. The lowest BCUT2D eigenvalue weighted by Crippen LogP contribution is -2.46. The minimum atomic E-state index is -0.739. The van der Waals surface area contributed by atoms with Crippen molar-refractivity contribution < 1.29 is 14.3 Å².